The van der Waals surface area contributed by atoms with E-state index in [1.54, 1.807) is 11.3 Å². The minimum absolute atomic E-state index is 0.496. The molecule has 1 aliphatic rings. The number of furan rings is 1. The van der Waals surface area contributed by atoms with Crippen LogP contribution in [0.15, 0.2) is 122 Å². The van der Waals surface area contributed by atoms with Gasteiger partial charge in [-0.15, -0.1) is 11.3 Å². The summed E-state index contributed by atoms with van der Waals surface area (Å²) in [6, 6.07) is 37.0. The van der Waals surface area contributed by atoms with Crippen LogP contribution in [0, 0.1) is 0 Å². The maximum Gasteiger partial charge on any atom is 0.144 e. The minimum atomic E-state index is -0.496. The standard InChI is InChI=1S/C33H18Br2OS/c34-25-17-24-30(32-21(25)15-16-37-32)29-23(18-26(35)28-22-13-7-8-14-27(22)36-31(28)29)33(24,19-9-3-1-4-10-19)20-11-5-2-6-12-20/h1-18H. The third-order valence-corrected chi connectivity index (χ3v) is 9.98. The molecule has 5 aromatic carbocycles. The number of halogens is 2. The van der Waals surface area contributed by atoms with Gasteiger partial charge in [0.05, 0.1) is 5.41 Å². The number of benzene rings is 5. The van der Waals surface area contributed by atoms with E-state index in [4.69, 9.17) is 4.42 Å². The predicted octanol–water partition coefficient (Wildman–Crippen LogP) is 10.7. The van der Waals surface area contributed by atoms with Crippen molar-refractivity contribution in [1.82, 2.24) is 0 Å². The fourth-order valence-corrected chi connectivity index (χ4v) is 8.63. The molecule has 4 heteroatoms. The Balaban J connectivity index is 1.68. The van der Waals surface area contributed by atoms with Gasteiger partial charge in [-0.1, -0.05) is 111 Å². The maximum atomic E-state index is 6.72. The summed E-state index contributed by atoms with van der Waals surface area (Å²) < 4.78 is 10.2. The highest BCUT2D eigenvalue weighted by atomic mass is 79.9. The van der Waals surface area contributed by atoms with E-state index in [1.807, 2.05) is 6.07 Å². The van der Waals surface area contributed by atoms with Crippen LogP contribution in [0.2, 0.25) is 0 Å². The number of para-hydroxylation sites is 1. The van der Waals surface area contributed by atoms with Gasteiger partial charge in [-0.25, -0.2) is 0 Å². The molecule has 8 rings (SSSR count). The Bertz CT molecular complexity index is 1960. The molecular weight excluding hydrogens is 604 g/mol. The molecule has 0 saturated heterocycles. The minimum Gasteiger partial charge on any atom is -0.455 e. The maximum absolute atomic E-state index is 6.72. The van der Waals surface area contributed by atoms with Gasteiger partial charge in [-0.05, 0) is 51.9 Å². The van der Waals surface area contributed by atoms with Gasteiger partial charge in [0.25, 0.3) is 0 Å². The van der Waals surface area contributed by atoms with Crippen LogP contribution >= 0.6 is 43.2 Å². The monoisotopic (exact) mass is 620 g/mol. The van der Waals surface area contributed by atoms with Gasteiger partial charge in [0.2, 0.25) is 0 Å². The molecule has 0 amide bonds. The summed E-state index contributed by atoms with van der Waals surface area (Å²) in [4.78, 5) is 0. The molecular formula is C33H18Br2OS. The van der Waals surface area contributed by atoms with Gasteiger partial charge >= 0.3 is 0 Å². The van der Waals surface area contributed by atoms with Crippen LogP contribution in [0.1, 0.15) is 22.3 Å². The van der Waals surface area contributed by atoms with Crippen molar-refractivity contribution in [1.29, 1.82) is 0 Å². The van der Waals surface area contributed by atoms with Crippen LogP contribution in [0.4, 0.5) is 0 Å². The molecule has 0 radical (unpaired) electrons. The van der Waals surface area contributed by atoms with Crippen molar-refractivity contribution in [3.63, 3.8) is 0 Å². The highest BCUT2D eigenvalue weighted by Gasteiger charge is 2.49. The van der Waals surface area contributed by atoms with Crippen LogP contribution < -0.4 is 0 Å². The van der Waals surface area contributed by atoms with Crippen LogP contribution in [0.25, 0.3) is 43.2 Å². The highest BCUT2D eigenvalue weighted by Crippen LogP contribution is 2.62. The molecule has 1 nitrogen and oxygen atoms in total. The SMILES string of the molecule is Brc1cc2c(c3sccc13)-c1c(cc(Br)c3c1oc1ccccc13)C2(c1ccccc1)c1ccccc1. The van der Waals surface area contributed by atoms with Crippen molar-refractivity contribution in [2.24, 2.45) is 0 Å². The number of hydrogen-bond donors (Lipinski definition) is 0. The van der Waals surface area contributed by atoms with E-state index in [-0.39, 0.29) is 0 Å². The Morgan fingerprint density at radius 1 is 0.622 bits per heavy atom. The van der Waals surface area contributed by atoms with Crippen molar-refractivity contribution < 1.29 is 4.42 Å². The summed E-state index contributed by atoms with van der Waals surface area (Å²) in [6.07, 6.45) is 0. The second-order valence-corrected chi connectivity index (χ2v) is 12.1. The lowest BCUT2D eigenvalue weighted by atomic mass is 9.67. The summed E-state index contributed by atoms with van der Waals surface area (Å²) in [5.41, 5.74) is 8.82. The van der Waals surface area contributed by atoms with Gasteiger partial charge in [0.1, 0.15) is 11.2 Å². The quantitative estimate of drug-likeness (QED) is 0.187. The van der Waals surface area contributed by atoms with E-state index < -0.39 is 5.41 Å². The first kappa shape index (κ1) is 21.9. The molecule has 176 valence electrons. The summed E-state index contributed by atoms with van der Waals surface area (Å²) in [5.74, 6) is 0. The Morgan fingerprint density at radius 3 is 1.97 bits per heavy atom. The lowest BCUT2D eigenvalue weighted by Crippen LogP contribution is -2.28. The first-order chi connectivity index (χ1) is 18.2. The van der Waals surface area contributed by atoms with Crippen molar-refractivity contribution in [3.05, 3.63) is 140 Å². The van der Waals surface area contributed by atoms with Gasteiger partial charge < -0.3 is 4.42 Å². The highest BCUT2D eigenvalue weighted by molar-refractivity contribution is 9.11. The average Bonchev–Trinajstić information content (AvgIpc) is 3.63. The normalized spacial score (nSPS) is 13.9. The molecule has 1 aliphatic carbocycles. The molecule has 2 aromatic heterocycles. The van der Waals surface area contributed by atoms with Gasteiger partial charge in [0, 0.05) is 40.9 Å². The van der Waals surface area contributed by atoms with Crippen molar-refractivity contribution in [2.75, 3.05) is 0 Å². The van der Waals surface area contributed by atoms with E-state index in [9.17, 15) is 0 Å². The topological polar surface area (TPSA) is 13.1 Å². The van der Waals surface area contributed by atoms with Crippen LogP contribution in [-0.4, -0.2) is 0 Å². The smallest absolute Gasteiger partial charge is 0.144 e. The molecule has 2 heterocycles. The molecule has 0 spiro atoms. The lowest BCUT2D eigenvalue weighted by molar-refractivity contribution is 0.668. The summed E-state index contributed by atoms with van der Waals surface area (Å²) in [5, 5.41) is 5.68. The van der Waals surface area contributed by atoms with Crippen molar-refractivity contribution in [3.8, 4) is 11.1 Å². The predicted molar refractivity (Wildman–Crippen MR) is 162 cm³/mol. The Labute approximate surface area is 234 Å². The van der Waals surface area contributed by atoms with Crippen LogP contribution in [0.3, 0.4) is 0 Å². The first-order valence-corrected chi connectivity index (χ1v) is 14.6. The number of thiophene rings is 1. The molecule has 0 atom stereocenters. The van der Waals surface area contributed by atoms with Crippen molar-refractivity contribution >= 4 is 75.2 Å². The Kier molecular flexibility index (Phi) is 4.67. The Hall–Kier alpha value is -3.18. The molecule has 0 fully saturated rings. The van der Waals surface area contributed by atoms with Crippen LogP contribution in [0.5, 0.6) is 0 Å². The number of hydrogen-bond acceptors (Lipinski definition) is 2. The van der Waals surface area contributed by atoms with Crippen molar-refractivity contribution in [2.45, 2.75) is 5.41 Å². The van der Waals surface area contributed by atoms with E-state index in [0.29, 0.717) is 0 Å². The molecule has 7 aromatic rings. The Morgan fingerprint density at radius 2 is 1.24 bits per heavy atom. The number of fused-ring (bicyclic) bond motifs is 9. The van der Waals surface area contributed by atoms with E-state index >= 15 is 0 Å². The van der Waals surface area contributed by atoms with E-state index in [2.05, 4.69) is 134 Å². The fourth-order valence-electron chi connectivity index (χ4n) is 6.34. The zero-order valence-electron chi connectivity index (χ0n) is 19.5. The summed E-state index contributed by atoms with van der Waals surface area (Å²) >= 11 is 9.72. The zero-order valence-corrected chi connectivity index (χ0v) is 23.5. The number of rotatable bonds is 2. The second-order valence-electron chi connectivity index (χ2n) is 9.51. The summed E-state index contributed by atoms with van der Waals surface area (Å²) in [7, 11) is 0. The average molecular weight is 622 g/mol. The lowest BCUT2D eigenvalue weighted by Gasteiger charge is -2.34. The molecule has 0 unspecified atom stereocenters. The van der Waals surface area contributed by atoms with E-state index in [0.717, 1.165) is 30.9 Å². The van der Waals surface area contributed by atoms with Gasteiger partial charge in [-0.3, -0.25) is 0 Å². The van der Waals surface area contributed by atoms with Crippen LogP contribution in [-0.2, 0) is 5.41 Å². The van der Waals surface area contributed by atoms with E-state index in [1.165, 1.54) is 43.5 Å². The second kappa shape index (κ2) is 7.91. The molecule has 37 heavy (non-hydrogen) atoms. The molecule has 0 bridgehead atoms. The molecule has 0 aliphatic heterocycles. The first-order valence-electron chi connectivity index (χ1n) is 12.2. The van der Waals surface area contributed by atoms with Gasteiger partial charge in [0.15, 0.2) is 0 Å². The zero-order chi connectivity index (χ0) is 24.7. The molecule has 0 N–H and O–H groups in total. The molecule has 0 saturated carbocycles. The summed E-state index contributed by atoms with van der Waals surface area (Å²) in [6.45, 7) is 0. The third kappa shape index (κ3) is 2.78. The third-order valence-electron chi connectivity index (χ3n) is 7.76. The fraction of sp³-hybridized carbons (Fsp3) is 0.0303. The largest absolute Gasteiger partial charge is 0.455 e. The van der Waals surface area contributed by atoms with Gasteiger partial charge in [-0.2, -0.15) is 0 Å².